The fourth-order valence-electron chi connectivity index (χ4n) is 3.78. The number of fused-ring (bicyclic) bond motifs is 1. The second-order valence-electron chi connectivity index (χ2n) is 7.90. The summed E-state index contributed by atoms with van der Waals surface area (Å²) in [5.74, 6) is 0.506. The van der Waals surface area contributed by atoms with Crippen molar-refractivity contribution in [2.24, 2.45) is 0 Å². The van der Waals surface area contributed by atoms with Crippen molar-refractivity contribution >= 4 is 16.9 Å². The smallest absolute Gasteiger partial charge is 0.245 e. The van der Waals surface area contributed by atoms with Gasteiger partial charge in [0.2, 0.25) is 5.95 Å². The first kappa shape index (κ1) is 18.6. The van der Waals surface area contributed by atoms with Crippen molar-refractivity contribution in [2.75, 3.05) is 24.5 Å². The van der Waals surface area contributed by atoms with E-state index in [4.69, 9.17) is 0 Å². The van der Waals surface area contributed by atoms with Crippen LogP contribution in [0.15, 0.2) is 43.0 Å². The first-order valence-corrected chi connectivity index (χ1v) is 9.84. The number of hydrogen-bond acceptors (Lipinski definition) is 7. The van der Waals surface area contributed by atoms with E-state index in [0.29, 0.717) is 31.3 Å². The molecule has 0 bridgehead atoms. The van der Waals surface area contributed by atoms with Crippen LogP contribution in [0, 0.1) is 0 Å². The third kappa shape index (κ3) is 3.28. The standard InChI is InChI=1S/C20H22FN9/c1-20(2,21)17-12-29(9-7-22-17)19-23-11-15(26-28-19)13-4-5-16(30-8-3-6-25-30)18-14(13)10-24-27-18/h3-6,8,10-11,17,22H,7,9,12H2,1-2H3,(H,24,27). The Labute approximate surface area is 172 Å². The summed E-state index contributed by atoms with van der Waals surface area (Å²) < 4.78 is 16.1. The van der Waals surface area contributed by atoms with Crippen molar-refractivity contribution in [1.29, 1.82) is 0 Å². The highest BCUT2D eigenvalue weighted by Crippen LogP contribution is 2.30. The summed E-state index contributed by atoms with van der Waals surface area (Å²) >= 11 is 0. The molecule has 1 saturated heterocycles. The minimum Gasteiger partial charge on any atom is -0.337 e. The van der Waals surface area contributed by atoms with Gasteiger partial charge in [0.25, 0.3) is 0 Å². The van der Waals surface area contributed by atoms with Crippen LogP contribution >= 0.6 is 0 Å². The number of nitrogens with zero attached hydrogens (tertiary/aromatic N) is 7. The SMILES string of the molecule is CC(C)(F)C1CN(c2ncc(-c3ccc(-n4cccn4)c4[nH]ncc34)nn2)CCN1. The molecule has 1 atom stereocenters. The van der Waals surface area contributed by atoms with Gasteiger partial charge in [0.15, 0.2) is 0 Å². The molecule has 0 spiro atoms. The third-order valence-electron chi connectivity index (χ3n) is 5.46. The lowest BCUT2D eigenvalue weighted by atomic mass is 9.99. The van der Waals surface area contributed by atoms with E-state index in [1.807, 2.05) is 29.3 Å². The maximum atomic E-state index is 14.3. The molecule has 0 saturated carbocycles. The average molecular weight is 407 g/mol. The first-order valence-electron chi connectivity index (χ1n) is 9.84. The maximum Gasteiger partial charge on any atom is 0.245 e. The Morgan fingerprint density at radius 1 is 1.20 bits per heavy atom. The number of alkyl halides is 1. The molecule has 1 unspecified atom stereocenters. The fraction of sp³-hybridized carbons (Fsp3) is 0.350. The lowest BCUT2D eigenvalue weighted by Gasteiger charge is -2.38. The molecule has 0 radical (unpaired) electrons. The summed E-state index contributed by atoms with van der Waals surface area (Å²) in [6, 6.07) is 5.51. The van der Waals surface area contributed by atoms with Gasteiger partial charge < -0.3 is 10.2 Å². The van der Waals surface area contributed by atoms with Gasteiger partial charge in [-0.15, -0.1) is 10.2 Å². The molecule has 5 rings (SSSR count). The van der Waals surface area contributed by atoms with Crippen LogP contribution in [0.5, 0.6) is 0 Å². The molecule has 1 aliphatic rings. The van der Waals surface area contributed by atoms with Crippen LogP contribution in [-0.4, -0.2) is 66.5 Å². The molecule has 2 N–H and O–H groups in total. The molecule has 1 aliphatic heterocycles. The van der Waals surface area contributed by atoms with Gasteiger partial charge in [-0.2, -0.15) is 10.2 Å². The molecule has 4 heterocycles. The highest BCUT2D eigenvalue weighted by Gasteiger charge is 2.33. The predicted molar refractivity (Wildman–Crippen MR) is 111 cm³/mol. The number of piperazine rings is 1. The van der Waals surface area contributed by atoms with E-state index in [1.165, 1.54) is 0 Å². The third-order valence-corrected chi connectivity index (χ3v) is 5.46. The molecular weight excluding hydrogens is 385 g/mol. The predicted octanol–water partition coefficient (Wildman–Crippen LogP) is 2.13. The fourth-order valence-corrected chi connectivity index (χ4v) is 3.78. The quantitative estimate of drug-likeness (QED) is 0.534. The van der Waals surface area contributed by atoms with Gasteiger partial charge >= 0.3 is 0 Å². The van der Waals surface area contributed by atoms with E-state index in [2.05, 4.69) is 35.8 Å². The number of benzene rings is 1. The molecule has 1 fully saturated rings. The van der Waals surface area contributed by atoms with Crippen molar-refractivity contribution in [3.05, 3.63) is 43.0 Å². The summed E-state index contributed by atoms with van der Waals surface area (Å²) in [5, 5.41) is 24.4. The van der Waals surface area contributed by atoms with Crippen molar-refractivity contribution in [1.82, 2.24) is 40.5 Å². The summed E-state index contributed by atoms with van der Waals surface area (Å²) in [6.07, 6.45) is 7.08. The highest BCUT2D eigenvalue weighted by atomic mass is 19.1. The number of H-pyrrole nitrogens is 1. The highest BCUT2D eigenvalue weighted by molar-refractivity contribution is 5.97. The molecule has 30 heavy (non-hydrogen) atoms. The Morgan fingerprint density at radius 2 is 2.10 bits per heavy atom. The zero-order chi connectivity index (χ0) is 20.7. The molecule has 0 amide bonds. The van der Waals surface area contributed by atoms with Gasteiger partial charge in [0, 0.05) is 43.0 Å². The Kier molecular flexibility index (Phi) is 4.43. The molecule has 1 aromatic carbocycles. The van der Waals surface area contributed by atoms with E-state index in [1.54, 1.807) is 37.1 Å². The topological polar surface area (TPSA) is 100 Å². The van der Waals surface area contributed by atoms with Gasteiger partial charge in [0.1, 0.15) is 11.4 Å². The van der Waals surface area contributed by atoms with Gasteiger partial charge in [-0.05, 0) is 32.0 Å². The lowest BCUT2D eigenvalue weighted by Crippen LogP contribution is -2.58. The van der Waals surface area contributed by atoms with Crippen LogP contribution in [0.4, 0.5) is 10.3 Å². The van der Waals surface area contributed by atoms with Gasteiger partial charge in [-0.3, -0.25) is 5.10 Å². The second-order valence-corrected chi connectivity index (χ2v) is 7.90. The molecule has 9 nitrogen and oxygen atoms in total. The van der Waals surface area contributed by atoms with Gasteiger partial charge in [-0.1, -0.05) is 0 Å². The largest absolute Gasteiger partial charge is 0.337 e. The molecule has 4 aromatic rings. The number of aromatic amines is 1. The van der Waals surface area contributed by atoms with Crippen molar-refractivity contribution in [3.8, 4) is 16.9 Å². The van der Waals surface area contributed by atoms with Crippen molar-refractivity contribution < 1.29 is 4.39 Å². The first-order chi connectivity index (χ1) is 14.5. The van der Waals surface area contributed by atoms with Crippen molar-refractivity contribution in [2.45, 2.75) is 25.6 Å². The van der Waals surface area contributed by atoms with Crippen LogP contribution in [0.25, 0.3) is 27.8 Å². The average Bonchev–Trinajstić information content (AvgIpc) is 3.45. The summed E-state index contributed by atoms with van der Waals surface area (Å²) in [4.78, 5) is 6.48. The van der Waals surface area contributed by atoms with E-state index < -0.39 is 5.67 Å². The number of nitrogens with one attached hydrogen (secondary N) is 2. The molecule has 154 valence electrons. The van der Waals surface area contributed by atoms with Gasteiger partial charge in [-0.25, -0.2) is 14.1 Å². The number of anilines is 1. The minimum absolute atomic E-state index is 0.282. The summed E-state index contributed by atoms with van der Waals surface area (Å²) in [7, 11) is 0. The summed E-state index contributed by atoms with van der Waals surface area (Å²) in [5.41, 5.74) is 1.96. The van der Waals surface area contributed by atoms with E-state index in [9.17, 15) is 4.39 Å². The Balaban J connectivity index is 1.45. The van der Waals surface area contributed by atoms with E-state index in [-0.39, 0.29) is 6.04 Å². The number of rotatable bonds is 4. The van der Waals surface area contributed by atoms with Crippen LogP contribution in [0.2, 0.25) is 0 Å². The number of halogens is 1. The zero-order valence-electron chi connectivity index (χ0n) is 16.7. The van der Waals surface area contributed by atoms with Crippen LogP contribution in [0.3, 0.4) is 0 Å². The molecule has 10 heteroatoms. The van der Waals surface area contributed by atoms with Crippen LogP contribution in [0.1, 0.15) is 13.8 Å². The van der Waals surface area contributed by atoms with Crippen LogP contribution in [-0.2, 0) is 0 Å². The van der Waals surface area contributed by atoms with Gasteiger partial charge in [0.05, 0.1) is 29.6 Å². The van der Waals surface area contributed by atoms with Crippen molar-refractivity contribution in [3.63, 3.8) is 0 Å². The number of hydrogen-bond donors (Lipinski definition) is 2. The zero-order valence-corrected chi connectivity index (χ0v) is 16.7. The minimum atomic E-state index is -1.32. The second kappa shape index (κ2) is 7.13. The summed E-state index contributed by atoms with van der Waals surface area (Å²) in [6.45, 7) is 5.04. The molecule has 3 aromatic heterocycles. The Morgan fingerprint density at radius 3 is 2.83 bits per heavy atom. The van der Waals surface area contributed by atoms with Crippen LogP contribution < -0.4 is 10.2 Å². The maximum absolute atomic E-state index is 14.3. The van der Waals surface area contributed by atoms with E-state index >= 15 is 0 Å². The Bertz CT molecular complexity index is 1150. The monoisotopic (exact) mass is 407 g/mol. The molecular formula is C20H22FN9. The van der Waals surface area contributed by atoms with E-state index in [0.717, 1.165) is 22.2 Å². The lowest BCUT2D eigenvalue weighted by molar-refractivity contribution is 0.143. The number of aromatic nitrogens is 7. The normalized spacial score (nSPS) is 17.6. The Hall–Kier alpha value is -3.40. The molecule has 0 aliphatic carbocycles.